The molecule has 2 amide bonds. The van der Waals surface area contributed by atoms with Crippen LogP contribution < -0.4 is 10.6 Å². The maximum atomic E-state index is 12.0. The van der Waals surface area contributed by atoms with Crippen molar-refractivity contribution in [3.63, 3.8) is 0 Å². The number of oxime groups is 1. The lowest BCUT2D eigenvalue weighted by atomic mass is 9.96. The van der Waals surface area contributed by atoms with Crippen LogP contribution in [0.5, 0.6) is 0 Å². The van der Waals surface area contributed by atoms with Crippen molar-refractivity contribution in [2.75, 3.05) is 13.7 Å². The maximum absolute atomic E-state index is 12.0. The van der Waals surface area contributed by atoms with Crippen molar-refractivity contribution in [1.29, 1.82) is 0 Å². The van der Waals surface area contributed by atoms with Gasteiger partial charge in [0.05, 0.1) is 13.7 Å². The van der Waals surface area contributed by atoms with E-state index in [9.17, 15) is 14.4 Å². The summed E-state index contributed by atoms with van der Waals surface area (Å²) >= 11 is 0. The van der Waals surface area contributed by atoms with Gasteiger partial charge in [0.1, 0.15) is 26.6 Å². The number of carbonyl (C=O) groups is 3. The largest absolute Gasteiger partial charge is 0.467 e. The fourth-order valence-electron chi connectivity index (χ4n) is 2.45. The standard InChI is InChI=1S/C18H22BN3O6/c1-26-17(24)14(21-18(25)27-11-12-5-3-2-4-6-12)7-8-16(23)20-10-13-9-15(19)22-28-13/h2-6,13-14H,7-11H2,1H3,(H,20,23)(H,21,25)/t13?,14-/m0/s1. The third-order valence-electron chi connectivity index (χ3n) is 3.93. The normalized spacial score (nSPS) is 16.3. The van der Waals surface area contributed by atoms with Crippen LogP contribution in [0.15, 0.2) is 35.5 Å². The highest BCUT2D eigenvalue weighted by atomic mass is 16.6. The molecule has 0 aliphatic carbocycles. The number of methoxy groups -OCH3 is 1. The van der Waals surface area contributed by atoms with Crippen molar-refractivity contribution < 1.29 is 28.7 Å². The van der Waals surface area contributed by atoms with E-state index in [4.69, 9.17) is 17.4 Å². The number of ether oxygens (including phenoxy) is 2. The molecule has 1 heterocycles. The first kappa shape index (κ1) is 21.3. The molecule has 0 saturated heterocycles. The van der Waals surface area contributed by atoms with Gasteiger partial charge >= 0.3 is 12.1 Å². The van der Waals surface area contributed by atoms with Crippen LogP contribution in [0.2, 0.25) is 0 Å². The molecule has 1 unspecified atom stereocenters. The number of hydrogen-bond acceptors (Lipinski definition) is 7. The van der Waals surface area contributed by atoms with Gasteiger partial charge in [0.25, 0.3) is 0 Å². The van der Waals surface area contributed by atoms with Gasteiger partial charge in [0.2, 0.25) is 5.91 Å². The van der Waals surface area contributed by atoms with Crippen molar-refractivity contribution in [3.05, 3.63) is 35.9 Å². The molecular weight excluding hydrogens is 365 g/mol. The number of carbonyl (C=O) groups excluding carboxylic acids is 3. The van der Waals surface area contributed by atoms with Crippen LogP contribution in [0.25, 0.3) is 0 Å². The lowest BCUT2D eigenvalue weighted by Gasteiger charge is -2.16. The Morgan fingerprint density at radius 3 is 2.71 bits per heavy atom. The second kappa shape index (κ2) is 11.0. The highest BCUT2D eigenvalue weighted by molar-refractivity contribution is 6.59. The number of hydrogen-bond donors (Lipinski definition) is 2. The van der Waals surface area contributed by atoms with Crippen LogP contribution >= 0.6 is 0 Å². The monoisotopic (exact) mass is 387 g/mol. The smallest absolute Gasteiger partial charge is 0.408 e. The van der Waals surface area contributed by atoms with E-state index in [1.165, 1.54) is 7.11 Å². The molecule has 28 heavy (non-hydrogen) atoms. The van der Waals surface area contributed by atoms with Gasteiger partial charge in [-0.3, -0.25) is 4.79 Å². The third-order valence-corrected chi connectivity index (χ3v) is 3.93. The Morgan fingerprint density at radius 1 is 1.32 bits per heavy atom. The van der Waals surface area contributed by atoms with Crippen LogP contribution in [0.3, 0.4) is 0 Å². The molecule has 0 fully saturated rings. The number of rotatable bonds is 9. The Balaban J connectivity index is 1.73. The number of benzene rings is 1. The highest BCUT2D eigenvalue weighted by Crippen LogP contribution is 2.08. The Morgan fingerprint density at radius 2 is 2.07 bits per heavy atom. The summed E-state index contributed by atoms with van der Waals surface area (Å²) < 4.78 is 9.76. The van der Waals surface area contributed by atoms with Gasteiger partial charge in [-0.05, 0) is 12.0 Å². The van der Waals surface area contributed by atoms with Gasteiger partial charge in [-0.2, -0.15) is 0 Å². The van der Waals surface area contributed by atoms with E-state index >= 15 is 0 Å². The van der Waals surface area contributed by atoms with Gasteiger partial charge in [-0.25, -0.2) is 9.59 Å². The van der Waals surface area contributed by atoms with Gasteiger partial charge in [-0.15, -0.1) is 5.16 Å². The van der Waals surface area contributed by atoms with Gasteiger partial charge < -0.3 is 24.9 Å². The molecule has 0 aromatic heterocycles. The van der Waals surface area contributed by atoms with Gasteiger partial charge in [0, 0.05) is 18.5 Å². The highest BCUT2D eigenvalue weighted by Gasteiger charge is 2.24. The quantitative estimate of drug-likeness (QED) is 0.474. The SMILES string of the molecule is [B]C1=NOC(CNC(=O)CC[C@H](NC(=O)OCc2ccccc2)C(=O)OC)C1. The van der Waals surface area contributed by atoms with Crippen LogP contribution in [0.1, 0.15) is 24.8 Å². The lowest BCUT2D eigenvalue weighted by Crippen LogP contribution is -2.42. The molecule has 148 valence electrons. The first-order valence-corrected chi connectivity index (χ1v) is 8.78. The summed E-state index contributed by atoms with van der Waals surface area (Å²) in [6.07, 6.45) is -0.566. The first-order chi connectivity index (χ1) is 13.5. The minimum atomic E-state index is -0.999. The molecule has 0 saturated carbocycles. The van der Waals surface area contributed by atoms with Crippen molar-refractivity contribution in [1.82, 2.24) is 10.6 Å². The zero-order chi connectivity index (χ0) is 20.4. The van der Waals surface area contributed by atoms with E-state index in [0.29, 0.717) is 12.0 Å². The Labute approximate surface area is 164 Å². The number of amides is 2. The molecule has 2 N–H and O–H groups in total. The molecule has 1 aliphatic rings. The summed E-state index contributed by atoms with van der Waals surface area (Å²) in [7, 11) is 6.70. The van der Waals surface area contributed by atoms with Crippen LogP contribution in [-0.4, -0.2) is 57.2 Å². The van der Waals surface area contributed by atoms with E-state index in [1.807, 2.05) is 30.3 Å². The molecule has 1 aromatic carbocycles. The Bertz CT molecular complexity index is 713. The molecule has 1 aliphatic heterocycles. The number of nitrogens with zero attached hydrogens (tertiary/aromatic N) is 1. The lowest BCUT2D eigenvalue weighted by molar-refractivity contribution is -0.143. The molecule has 10 heteroatoms. The molecule has 0 bridgehead atoms. The van der Waals surface area contributed by atoms with Crippen LogP contribution in [-0.2, 0) is 30.5 Å². The summed E-state index contributed by atoms with van der Waals surface area (Å²) in [4.78, 5) is 40.8. The number of nitrogens with one attached hydrogen (secondary N) is 2. The molecular formula is C18H22BN3O6. The number of esters is 1. The van der Waals surface area contributed by atoms with E-state index in [0.717, 1.165) is 5.56 Å². The summed E-state index contributed by atoms with van der Waals surface area (Å²) in [6.45, 7) is 0.312. The predicted octanol–water partition coefficient (Wildman–Crippen LogP) is 0.622. The molecule has 9 nitrogen and oxygen atoms in total. The van der Waals surface area contributed by atoms with Crippen molar-refractivity contribution in [2.45, 2.75) is 38.0 Å². The second-order valence-corrected chi connectivity index (χ2v) is 6.14. The second-order valence-electron chi connectivity index (χ2n) is 6.14. The van der Waals surface area contributed by atoms with Gasteiger partial charge in [-0.1, -0.05) is 30.3 Å². The fraction of sp³-hybridized carbons (Fsp3) is 0.444. The fourth-order valence-corrected chi connectivity index (χ4v) is 2.45. The van der Waals surface area contributed by atoms with Crippen molar-refractivity contribution >= 4 is 31.4 Å². The van der Waals surface area contributed by atoms with E-state index in [2.05, 4.69) is 20.5 Å². The maximum Gasteiger partial charge on any atom is 0.408 e. The average molecular weight is 387 g/mol. The minimum absolute atomic E-state index is 0.00178. The summed E-state index contributed by atoms with van der Waals surface area (Å²) in [5, 5.41) is 8.69. The predicted molar refractivity (Wildman–Crippen MR) is 100 cm³/mol. The molecule has 0 spiro atoms. The average Bonchev–Trinajstić information content (AvgIpc) is 3.13. The van der Waals surface area contributed by atoms with Crippen molar-refractivity contribution in [3.8, 4) is 0 Å². The van der Waals surface area contributed by atoms with Crippen LogP contribution in [0, 0.1) is 0 Å². The summed E-state index contributed by atoms with van der Waals surface area (Å²) in [5.41, 5.74) is 1.19. The minimum Gasteiger partial charge on any atom is -0.467 e. The van der Waals surface area contributed by atoms with Gasteiger partial charge in [0.15, 0.2) is 0 Å². The number of alkyl carbamates (subject to hydrolysis) is 1. The zero-order valence-electron chi connectivity index (χ0n) is 15.6. The molecule has 2 atom stereocenters. The zero-order valence-corrected chi connectivity index (χ0v) is 15.6. The first-order valence-electron chi connectivity index (χ1n) is 8.78. The van der Waals surface area contributed by atoms with E-state index in [1.54, 1.807) is 0 Å². The molecule has 1 aromatic rings. The van der Waals surface area contributed by atoms with Crippen molar-refractivity contribution in [2.24, 2.45) is 5.16 Å². The molecule has 2 rings (SSSR count). The third kappa shape index (κ3) is 7.30. The van der Waals surface area contributed by atoms with E-state index in [-0.39, 0.29) is 38.0 Å². The molecule has 2 radical (unpaired) electrons. The Kier molecular flexibility index (Phi) is 8.32. The summed E-state index contributed by atoms with van der Waals surface area (Å²) in [5.74, 6) is -0.966. The Hall–Kier alpha value is -3.04. The van der Waals surface area contributed by atoms with Crippen LogP contribution in [0.4, 0.5) is 4.79 Å². The topological polar surface area (TPSA) is 115 Å². The summed E-state index contributed by atoms with van der Waals surface area (Å²) in [6, 6.07) is 8.11. The van der Waals surface area contributed by atoms with E-state index < -0.39 is 18.1 Å².